The smallest absolute Gasteiger partial charge is 0.444 e. The van der Waals surface area contributed by atoms with E-state index < -0.39 is 35.7 Å². The van der Waals surface area contributed by atoms with Gasteiger partial charge in [0.15, 0.2) is 0 Å². The van der Waals surface area contributed by atoms with Crippen molar-refractivity contribution in [2.75, 3.05) is 6.54 Å². The van der Waals surface area contributed by atoms with Crippen molar-refractivity contribution >= 4 is 13.2 Å². The summed E-state index contributed by atoms with van der Waals surface area (Å²) in [4.78, 5) is 13.8. The Bertz CT molecular complexity index is 511. The van der Waals surface area contributed by atoms with Gasteiger partial charge in [-0.3, -0.25) is 0 Å². The summed E-state index contributed by atoms with van der Waals surface area (Å²) in [5.41, 5.74) is -2.25. The molecule has 0 radical (unpaired) electrons. The van der Waals surface area contributed by atoms with Crippen LogP contribution < -0.4 is 0 Å². The molecule has 0 saturated carbocycles. The monoisotopic (exact) mass is 341 g/mol. The third kappa shape index (κ3) is 4.12. The van der Waals surface area contributed by atoms with E-state index in [9.17, 15) is 9.18 Å². The number of halogens is 1. The molecule has 1 amide bonds. The number of nitrogens with zero attached hydrogens (tertiary/aromatic N) is 1. The first-order valence-corrected chi connectivity index (χ1v) is 8.55. The van der Waals surface area contributed by atoms with Crippen LogP contribution in [0.4, 0.5) is 9.18 Å². The molecule has 24 heavy (non-hydrogen) atoms. The van der Waals surface area contributed by atoms with Crippen molar-refractivity contribution in [3.05, 3.63) is 11.8 Å². The van der Waals surface area contributed by atoms with Crippen LogP contribution in [0.25, 0.3) is 0 Å². The van der Waals surface area contributed by atoms with Gasteiger partial charge >= 0.3 is 13.2 Å². The lowest BCUT2D eigenvalue weighted by Crippen LogP contribution is -2.41. The first-order valence-electron chi connectivity index (χ1n) is 8.55. The minimum Gasteiger partial charge on any atom is -0.444 e. The number of carbonyl (C=O) groups is 1. The summed E-state index contributed by atoms with van der Waals surface area (Å²) in [6, 6.07) is -0.334. The van der Waals surface area contributed by atoms with Gasteiger partial charge in [0, 0.05) is 6.54 Å². The quantitative estimate of drug-likeness (QED) is 0.716. The number of likely N-dealkylation sites (tertiary alicyclic amines) is 1. The lowest BCUT2D eigenvalue weighted by molar-refractivity contribution is 0.00578. The summed E-state index contributed by atoms with van der Waals surface area (Å²) in [6.07, 6.45) is 2.53. The van der Waals surface area contributed by atoms with E-state index in [4.69, 9.17) is 14.0 Å². The molecule has 2 fully saturated rings. The van der Waals surface area contributed by atoms with Gasteiger partial charge in [0.25, 0.3) is 0 Å². The maximum atomic E-state index is 14.7. The van der Waals surface area contributed by atoms with Crippen molar-refractivity contribution < 1.29 is 23.2 Å². The molecule has 5 nitrogen and oxygen atoms in total. The molecule has 2 aliphatic rings. The highest BCUT2D eigenvalue weighted by Crippen LogP contribution is 2.39. The topological polar surface area (TPSA) is 48.0 Å². The molecule has 0 aliphatic carbocycles. The van der Waals surface area contributed by atoms with Crippen LogP contribution in [0.1, 0.15) is 61.3 Å². The fourth-order valence-corrected chi connectivity index (χ4v) is 2.73. The molecule has 0 aromatic rings. The maximum absolute atomic E-state index is 14.7. The Kier molecular flexibility index (Phi) is 5.08. The van der Waals surface area contributed by atoms with Crippen LogP contribution in [0, 0.1) is 0 Å². The number of hydrogen-bond acceptors (Lipinski definition) is 4. The summed E-state index contributed by atoms with van der Waals surface area (Å²) in [5.74, 6) is 0. The highest BCUT2D eigenvalue weighted by Gasteiger charge is 2.53. The third-order valence-electron chi connectivity index (χ3n) is 4.76. The Hall–Kier alpha value is -1.08. The van der Waals surface area contributed by atoms with Crippen LogP contribution in [-0.4, -0.2) is 47.5 Å². The van der Waals surface area contributed by atoms with Crippen molar-refractivity contribution in [1.29, 1.82) is 0 Å². The molecule has 0 spiro atoms. The summed E-state index contributed by atoms with van der Waals surface area (Å²) in [6.45, 7) is 13.5. The SMILES string of the molecule is CC(C)(C)OC(=O)N1CCCC1C=C(F)B1OC(C)(C)C(C)(C)O1. The second-order valence-electron chi connectivity index (χ2n) is 8.52. The largest absolute Gasteiger partial charge is 0.524 e. The van der Waals surface area contributed by atoms with Gasteiger partial charge in [-0.2, -0.15) is 0 Å². The molecule has 2 aliphatic heterocycles. The molecule has 136 valence electrons. The van der Waals surface area contributed by atoms with Crippen molar-refractivity contribution in [2.24, 2.45) is 0 Å². The van der Waals surface area contributed by atoms with Gasteiger partial charge in [-0.1, -0.05) is 0 Å². The fraction of sp³-hybridized carbons (Fsp3) is 0.824. The van der Waals surface area contributed by atoms with Gasteiger partial charge in [0.2, 0.25) is 0 Å². The molecule has 7 heteroatoms. The Balaban J connectivity index is 2.08. The molecular formula is C17H29BFNO4. The zero-order valence-corrected chi connectivity index (χ0v) is 15.8. The molecule has 0 bridgehead atoms. The maximum Gasteiger partial charge on any atom is 0.524 e. The number of amides is 1. The number of ether oxygens (including phenoxy) is 1. The highest BCUT2D eigenvalue weighted by atomic mass is 19.1. The van der Waals surface area contributed by atoms with Gasteiger partial charge in [-0.05, 0) is 67.4 Å². The Morgan fingerprint density at radius 2 is 1.79 bits per heavy atom. The van der Waals surface area contributed by atoms with Crippen LogP contribution in [0.3, 0.4) is 0 Å². The molecule has 0 aromatic heterocycles. The molecule has 2 rings (SSSR count). The summed E-state index contributed by atoms with van der Waals surface area (Å²) < 4.78 is 31.5. The van der Waals surface area contributed by atoms with Crippen LogP contribution >= 0.6 is 0 Å². The van der Waals surface area contributed by atoms with Crippen LogP contribution in [0.15, 0.2) is 11.8 Å². The molecule has 1 atom stereocenters. The Morgan fingerprint density at radius 3 is 2.29 bits per heavy atom. The van der Waals surface area contributed by atoms with Crippen molar-refractivity contribution in [3.63, 3.8) is 0 Å². The molecular weight excluding hydrogens is 312 g/mol. The van der Waals surface area contributed by atoms with Gasteiger partial charge < -0.3 is 18.9 Å². The van der Waals surface area contributed by atoms with Crippen molar-refractivity contribution in [2.45, 2.75) is 84.2 Å². The second kappa shape index (κ2) is 6.34. The number of hydrogen-bond donors (Lipinski definition) is 0. The average Bonchev–Trinajstić information content (AvgIpc) is 2.90. The molecule has 2 heterocycles. The van der Waals surface area contributed by atoms with E-state index in [1.54, 1.807) is 4.90 Å². The fourth-order valence-electron chi connectivity index (χ4n) is 2.73. The predicted molar refractivity (Wildman–Crippen MR) is 91.2 cm³/mol. The van der Waals surface area contributed by atoms with Crippen LogP contribution in [-0.2, 0) is 14.0 Å². The van der Waals surface area contributed by atoms with E-state index >= 15 is 0 Å². The lowest BCUT2D eigenvalue weighted by Gasteiger charge is -2.32. The van der Waals surface area contributed by atoms with Crippen LogP contribution in [0.5, 0.6) is 0 Å². The summed E-state index contributed by atoms with van der Waals surface area (Å²) in [5, 5.41) is 0. The van der Waals surface area contributed by atoms with Gasteiger partial charge in [-0.25, -0.2) is 9.18 Å². The van der Waals surface area contributed by atoms with E-state index in [1.165, 1.54) is 6.08 Å². The third-order valence-corrected chi connectivity index (χ3v) is 4.76. The average molecular weight is 341 g/mol. The van der Waals surface area contributed by atoms with Gasteiger partial charge in [0.1, 0.15) is 11.3 Å². The molecule has 1 unspecified atom stereocenters. The van der Waals surface area contributed by atoms with Gasteiger partial charge in [0.05, 0.1) is 17.2 Å². The Morgan fingerprint density at radius 1 is 1.25 bits per heavy atom. The second-order valence-corrected chi connectivity index (χ2v) is 8.52. The standard InChI is InChI=1S/C17H29BFNO4/c1-15(2,3)22-14(21)20-10-8-9-12(20)11-13(19)18-23-16(4,5)17(6,7)24-18/h11-12H,8-10H2,1-7H3. The van der Waals surface area contributed by atoms with Crippen molar-refractivity contribution in [1.82, 2.24) is 4.90 Å². The zero-order valence-electron chi connectivity index (χ0n) is 15.8. The lowest BCUT2D eigenvalue weighted by atomic mass is 9.86. The number of carbonyl (C=O) groups excluding carboxylic acids is 1. The first-order chi connectivity index (χ1) is 10.8. The van der Waals surface area contributed by atoms with E-state index in [0.717, 1.165) is 6.42 Å². The summed E-state index contributed by atoms with van der Waals surface area (Å²) in [7, 11) is -1.03. The van der Waals surface area contributed by atoms with E-state index in [1.807, 2.05) is 48.5 Å². The molecule has 2 saturated heterocycles. The van der Waals surface area contributed by atoms with E-state index in [2.05, 4.69) is 0 Å². The van der Waals surface area contributed by atoms with E-state index in [0.29, 0.717) is 13.0 Å². The van der Waals surface area contributed by atoms with Crippen molar-refractivity contribution in [3.8, 4) is 0 Å². The zero-order chi connectivity index (χ0) is 18.3. The van der Waals surface area contributed by atoms with E-state index in [-0.39, 0.29) is 6.04 Å². The first kappa shape index (κ1) is 19.3. The normalized spacial score (nSPS) is 26.8. The predicted octanol–water partition coefficient (Wildman–Crippen LogP) is 3.87. The minimum atomic E-state index is -1.03. The van der Waals surface area contributed by atoms with Crippen LogP contribution in [0.2, 0.25) is 0 Å². The molecule has 0 aromatic carbocycles. The Labute approximate surface area is 144 Å². The minimum absolute atomic E-state index is 0.334. The number of rotatable bonds is 2. The van der Waals surface area contributed by atoms with Gasteiger partial charge in [-0.15, -0.1) is 0 Å². The molecule has 0 N–H and O–H groups in total. The summed E-state index contributed by atoms with van der Waals surface area (Å²) >= 11 is 0. The highest BCUT2D eigenvalue weighted by molar-refractivity contribution is 6.53.